The summed E-state index contributed by atoms with van der Waals surface area (Å²) in [4.78, 5) is 5.13. The topological polar surface area (TPSA) is 17.3 Å². The van der Waals surface area contributed by atoms with E-state index in [0.717, 1.165) is 17.4 Å². The number of nitrogens with zero attached hydrogens (tertiary/aromatic N) is 2. The van der Waals surface area contributed by atoms with Crippen LogP contribution in [0.2, 0.25) is 0 Å². The molecule has 0 saturated carbocycles. The van der Waals surface area contributed by atoms with Gasteiger partial charge in [-0.25, -0.2) is 13.8 Å². The molecule has 0 unspecified atom stereocenters. The number of hydrogen-bond acceptors (Lipinski definition) is 2. The maximum atomic E-state index is 13.1. The minimum absolute atomic E-state index is 0.618. The summed E-state index contributed by atoms with van der Waals surface area (Å²) >= 11 is 1.43. The zero-order valence-electron chi connectivity index (χ0n) is 9.88. The number of pyridine rings is 1. The molecule has 2 heterocycles. The fraction of sp³-hybridized carbons (Fsp3) is 0.0714. The molecule has 0 amide bonds. The SMILES string of the molecule is Fc1ccc(SCc2cn3ccccc3n2)cc1F. The molecule has 19 heavy (non-hydrogen) atoms. The van der Waals surface area contributed by atoms with Crippen LogP contribution >= 0.6 is 11.8 Å². The van der Waals surface area contributed by atoms with Crippen molar-refractivity contribution in [2.24, 2.45) is 0 Å². The molecule has 2 nitrogen and oxygen atoms in total. The minimum Gasteiger partial charge on any atom is -0.307 e. The van der Waals surface area contributed by atoms with Gasteiger partial charge in [0.2, 0.25) is 0 Å². The molecule has 0 radical (unpaired) electrons. The second kappa shape index (κ2) is 5.01. The van der Waals surface area contributed by atoms with Gasteiger partial charge in [0.1, 0.15) is 5.65 Å². The van der Waals surface area contributed by atoms with Gasteiger partial charge in [0.15, 0.2) is 11.6 Å². The molecule has 1 aromatic carbocycles. The first kappa shape index (κ1) is 12.2. The summed E-state index contributed by atoms with van der Waals surface area (Å²) in [7, 11) is 0. The Morgan fingerprint density at radius 2 is 2.00 bits per heavy atom. The fourth-order valence-electron chi connectivity index (χ4n) is 1.78. The van der Waals surface area contributed by atoms with Crippen LogP contribution in [0.15, 0.2) is 53.7 Å². The van der Waals surface area contributed by atoms with Gasteiger partial charge in [-0.05, 0) is 30.3 Å². The number of rotatable bonds is 3. The Hall–Kier alpha value is -1.88. The lowest BCUT2D eigenvalue weighted by Crippen LogP contribution is -1.85. The van der Waals surface area contributed by atoms with Gasteiger partial charge in [-0.1, -0.05) is 6.07 Å². The van der Waals surface area contributed by atoms with E-state index in [0.29, 0.717) is 10.6 Å². The summed E-state index contributed by atoms with van der Waals surface area (Å²) in [5.41, 5.74) is 1.78. The van der Waals surface area contributed by atoms with Gasteiger partial charge in [-0.3, -0.25) is 0 Å². The van der Waals surface area contributed by atoms with E-state index in [9.17, 15) is 8.78 Å². The highest BCUT2D eigenvalue weighted by Gasteiger charge is 2.05. The first-order valence-electron chi connectivity index (χ1n) is 5.73. The Labute approximate surface area is 113 Å². The van der Waals surface area contributed by atoms with Crippen LogP contribution in [0.3, 0.4) is 0 Å². The van der Waals surface area contributed by atoms with Crippen molar-refractivity contribution in [1.82, 2.24) is 9.38 Å². The van der Waals surface area contributed by atoms with Gasteiger partial charge in [0.05, 0.1) is 5.69 Å². The highest BCUT2D eigenvalue weighted by Crippen LogP contribution is 2.24. The van der Waals surface area contributed by atoms with Crippen molar-refractivity contribution >= 4 is 17.4 Å². The molecular weight excluding hydrogens is 266 g/mol. The molecule has 96 valence electrons. The lowest BCUT2D eigenvalue weighted by molar-refractivity contribution is 0.506. The van der Waals surface area contributed by atoms with Crippen LogP contribution in [0.4, 0.5) is 8.78 Å². The predicted octanol–water partition coefficient (Wildman–Crippen LogP) is 3.90. The van der Waals surface area contributed by atoms with Crippen molar-refractivity contribution in [1.29, 1.82) is 0 Å². The van der Waals surface area contributed by atoms with Crippen LogP contribution in [0.5, 0.6) is 0 Å². The van der Waals surface area contributed by atoms with Gasteiger partial charge in [-0.2, -0.15) is 0 Å². The average Bonchev–Trinajstić information content (AvgIpc) is 2.83. The number of halogens is 2. The third-order valence-electron chi connectivity index (χ3n) is 2.69. The Balaban J connectivity index is 1.76. The van der Waals surface area contributed by atoms with E-state index in [1.807, 2.05) is 35.0 Å². The zero-order valence-corrected chi connectivity index (χ0v) is 10.7. The predicted molar refractivity (Wildman–Crippen MR) is 71.1 cm³/mol. The van der Waals surface area contributed by atoms with Crippen molar-refractivity contribution in [3.8, 4) is 0 Å². The highest BCUT2D eigenvalue weighted by molar-refractivity contribution is 7.98. The van der Waals surface area contributed by atoms with E-state index in [1.165, 1.54) is 17.8 Å². The molecule has 3 aromatic rings. The van der Waals surface area contributed by atoms with E-state index < -0.39 is 11.6 Å². The summed E-state index contributed by atoms with van der Waals surface area (Å²) in [5, 5.41) is 0. The smallest absolute Gasteiger partial charge is 0.159 e. The number of thioether (sulfide) groups is 1. The third-order valence-corrected chi connectivity index (χ3v) is 3.72. The standard InChI is InChI=1S/C14H10F2N2S/c15-12-5-4-11(7-13(12)16)19-9-10-8-18-6-2-1-3-14(18)17-10/h1-8H,9H2. The van der Waals surface area contributed by atoms with Crippen LogP contribution in [-0.4, -0.2) is 9.38 Å². The summed E-state index contributed by atoms with van der Waals surface area (Å²) in [6.45, 7) is 0. The van der Waals surface area contributed by atoms with Crippen molar-refractivity contribution in [2.75, 3.05) is 0 Å². The quantitative estimate of drug-likeness (QED) is 0.675. The monoisotopic (exact) mass is 276 g/mol. The molecule has 0 fully saturated rings. The van der Waals surface area contributed by atoms with Crippen molar-refractivity contribution in [2.45, 2.75) is 10.6 Å². The fourth-order valence-corrected chi connectivity index (χ4v) is 2.59. The maximum Gasteiger partial charge on any atom is 0.159 e. The summed E-state index contributed by atoms with van der Waals surface area (Å²) in [5.74, 6) is -1.02. The van der Waals surface area contributed by atoms with Crippen LogP contribution in [0.25, 0.3) is 5.65 Å². The summed E-state index contributed by atoms with van der Waals surface area (Å²) in [6.07, 6.45) is 3.86. The molecule has 0 saturated heterocycles. The molecule has 0 aliphatic rings. The summed E-state index contributed by atoms with van der Waals surface area (Å²) < 4.78 is 27.8. The van der Waals surface area contributed by atoms with E-state index in [2.05, 4.69) is 4.98 Å². The minimum atomic E-state index is -0.822. The third kappa shape index (κ3) is 2.61. The lowest BCUT2D eigenvalue weighted by atomic mass is 10.3. The molecule has 0 N–H and O–H groups in total. The molecule has 0 spiro atoms. The lowest BCUT2D eigenvalue weighted by Gasteiger charge is -2.00. The van der Waals surface area contributed by atoms with Gasteiger partial charge in [-0.15, -0.1) is 11.8 Å². The Bertz CT molecular complexity index is 691. The average molecular weight is 276 g/mol. The number of aromatic nitrogens is 2. The Kier molecular flexibility index (Phi) is 3.21. The molecular formula is C14H10F2N2S. The van der Waals surface area contributed by atoms with E-state index in [-0.39, 0.29) is 0 Å². The molecule has 5 heteroatoms. The van der Waals surface area contributed by atoms with Gasteiger partial charge < -0.3 is 4.40 Å². The molecule has 3 rings (SSSR count). The zero-order chi connectivity index (χ0) is 13.2. The molecule has 0 aliphatic carbocycles. The number of benzene rings is 1. The second-order valence-corrected chi connectivity index (χ2v) is 5.11. The van der Waals surface area contributed by atoms with Crippen molar-refractivity contribution in [3.63, 3.8) is 0 Å². The second-order valence-electron chi connectivity index (χ2n) is 4.06. The number of fused-ring (bicyclic) bond motifs is 1. The van der Waals surface area contributed by atoms with Crippen LogP contribution in [0.1, 0.15) is 5.69 Å². The molecule has 2 aromatic heterocycles. The van der Waals surface area contributed by atoms with Crippen LogP contribution in [0, 0.1) is 11.6 Å². The highest BCUT2D eigenvalue weighted by atomic mass is 32.2. The van der Waals surface area contributed by atoms with Gasteiger partial charge in [0, 0.05) is 23.0 Å². The normalized spacial score (nSPS) is 11.1. The van der Waals surface area contributed by atoms with Crippen molar-refractivity contribution in [3.05, 3.63) is 66.1 Å². The van der Waals surface area contributed by atoms with Gasteiger partial charge >= 0.3 is 0 Å². The largest absolute Gasteiger partial charge is 0.307 e. The molecule has 0 bridgehead atoms. The number of hydrogen-bond donors (Lipinski definition) is 0. The Morgan fingerprint density at radius 1 is 1.11 bits per heavy atom. The van der Waals surface area contributed by atoms with Crippen LogP contribution < -0.4 is 0 Å². The first-order valence-corrected chi connectivity index (χ1v) is 6.71. The van der Waals surface area contributed by atoms with E-state index >= 15 is 0 Å². The van der Waals surface area contributed by atoms with Crippen molar-refractivity contribution < 1.29 is 8.78 Å². The molecule has 0 atom stereocenters. The number of imidazole rings is 1. The summed E-state index contributed by atoms with van der Waals surface area (Å²) in [6, 6.07) is 9.69. The molecule has 0 aliphatic heterocycles. The van der Waals surface area contributed by atoms with E-state index in [1.54, 1.807) is 6.07 Å². The van der Waals surface area contributed by atoms with E-state index in [4.69, 9.17) is 0 Å². The van der Waals surface area contributed by atoms with Gasteiger partial charge in [0.25, 0.3) is 0 Å². The maximum absolute atomic E-state index is 13.1. The first-order chi connectivity index (χ1) is 9.22. The Morgan fingerprint density at radius 3 is 2.79 bits per heavy atom. The van der Waals surface area contributed by atoms with Crippen LogP contribution in [-0.2, 0) is 5.75 Å².